The van der Waals surface area contributed by atoms with Crippen molar-refractivity contribution in [3.63, 3.8) is 0 Å². The molecule has 0 unspecified atom stereocenters. The quantitative estimate of drug-likeness (QED) is 0.770. The van der Waals surface area contributed by atoms with Crippen LogP contribution in [0.2, 0.25) is 0 Å². The van der Waals surface area contributed by atoms with E-state index in [1.165, 1.54) is 12.1 Å². The number of rotatable bonds is 5. The van der Waals surface area contributed by atoms with Crippen LogP contribution in [0.15, 0.2) is 65.6 Å². The smallest absolute Gasteiger partial charge is 0.328 e. The number of carbonyl (C=O) groups is 1. The van der Waals surface area contributed by atoms with Crippen LogP contribution in [0, 0.1) is 16.7 Å². The molecule has 1 fully saturated rings. The second kappa shape index (κ2) is 6.34. The minimum absolute atomic E-state index is 0.0852. The first-order valence-corrected chi connectivity index (χ1v) is 9.47. The van der Waals surface area contributed by atoms with Crippen molar-refractivity contribution in [2.75, 3.05) is 6.61 Å². The topological polar surface area (TPSA) is 84.2 Å². The molecule has 5 nitrogen and oxygen atoms in total. The van der Waals surface area contributed by atoms with E-state index in [1.54, 1.807) is 55.5 Å². The molecule has 0 saturated heterocycles. The van der Waals surface area contributed by atoms with Gasteiger partial charge in [0.25, 0.3) is 0 Å². The molecule has 1 saturated carbocycles. The average molecular weight is 355 g/mol. The van der Waals surface area contributed by atoms with Gasteiger partial charge in [0, 0.05) is 5.92 Å². The van der Waals surface area contributed by atoms with Crippen molar-refractivity contribution in [1.29, 1.82) is 5.26 Å². The van der Waals surface area contributed by atoms with Crippen LogP contribution in [-0.2, 0) is 19.4 Å². The molecule has 3 rings (SSSR count). The van der Waals surface area contributed by atoms with E-state index >= 15 is 0 Å². The maximum Gasteiger partial charge on any atom is 0.328 e. The van der Waals surface area contributed by atoms with Gasteiger partial charge in [0.05, 0.1) is 17.6 Å². The molecule has 25 heavy (non-hydrogen) atoms. The van der Waals surface area contributed by atoms with Crippen LogP contribution in [0.25, 0.3) is 0 Å². The number of nitrogens with zero attached hydrogens (tertiary/aromatic N) is 1. The van der Waals surface area contributed by atoms with Crippen molar-refractivity contribution in [1.82, 2.24) is 0 Å². The molecule has 128 valence electrons. The summed E-state index contributed by atoms with van der Waals surface area (Å²) in [6.07, 6.45) is 0. The lowest BCUT2D eigenvalue weighted by Gasteiger charge is -2.09. The van der Waals surface area contributed by atoms with Crippen LogP contribution >= 0.6 is 0 Å². The third kappa shape index (κ3) is 2.61. The Kier molecular flexibility index (Phi) is 4.36. The Morgan fingerprint density at radius 2 is 1.68 bits per heavy atom. The summed E-state index contributed by atoms with van der Waals surface area (Å²) in [5.74, 6) is -1.53. The summed E-state index contributed by atoms with van der Waals surface area (Å²) < 4.78 is 31.3. The van der Waals surface area contributed by atoms with Gasteiger partial charge in [-0.1, -0.05) is 48.5 Å². The first kappa shape index (κ1) is 17.2. The molecule has 2 aromatic rings. The molecule has 3 atom stereocenters. The monoisotopic (exact) mass is 355 g/mol. The van der Waals surface area contributed by atoms with Crippen LogP contribution in [0.4, 0.5) is 0 Å². The Morgan fingerprint density at radius 3 is 2.20 bits per heavy atom. The highest BCUT2D eigenvalue weighted by Crippen LogP contribution is 2.64. The van der Waals surface area contributed by atoms with Gasteiger partial charge in [-0.05, 0) is 24.6 Å². The van der Waals surface area contributed by atoms with Gasteiger partial charge in [-0.2, -0.15) is 5.26 Å². The van der Waals surface area contributed by atoms with E-state index in [1.807, 2.05) is 6.07 Å². The van der Waals surface area contributed by atoms with Crippen molar-refractivity contribution < 1.29 is 17.9 Å². The summed E-state index contributed by atoms with van der Waals surface area (Å²) in [6.45, 7) is 1.71. The second-order valence-corrected chi connectivity index (χ2v) is 7.94. The van der Waals surface area contributed by atoms with Crippen LogP contribution in [0.1, 0.15) is 18.4 Å². The second-order valence-electron chi connectivity index (χ2n) is 5.87. The predicted octanol–water partition coefficient (Wildman–Crippen LogP) is 2.70. The number of carbonyl (C=O) groups excluding carboxylic acids is 1. The molecule has 0 amide bonds. The fourth-order valence-corrected chi connectivity index (χ4v) is 5.57. The lowest BCUT2D eigenvalue weighted by Crippen LogP contribution is -2.25. The number of nitriles is 1. The zero-order valence-corrected chi connectivity index (χ0v) is 14.4. The summed E-state index contributed by atoms with van der Waals surface area (Å²) in [5.41, 5.74) is -1.08. The number of ether oxygens (including phenoxy) is 1. The average Bonchev–Trinajstić information content (AvgIpc) is 3.35. The van der Waals surface area contributed by atoms with Gasteiger partial charge >= 0.3 is 5.97 Å². The van der Waals surface area contributed by atoms with Crippen molar-refractivity contribution >= 4 is 15.8 Å². The Labute approximate surface area is 146 Å². The molecule has 2 aromatic carbocycles. The van der Waals surface area contributed by atoms with E-state index in [-0.39, 0.29) is 11.5 Å². The Bertz CT molecular complexity index is 919. The molecule has 0 aromatic heterocycles. The molecule has 1 aliphatic carbocycles. The van der Waals surface area contributed by atoms with Gasteiger partial charge in [-0.15, -0.1) is 0 Å². The molecule has 1 aliphatic rings. The first-order chi connectivity index (χ1) is 12.0. The van der Waals surface area contributed by atoms with Crippen molar-refractivity contribution in [2.45, 2.75) is 23.0 Å². The SMILES string of the molecule is CCOC(=O)[C@]1(C#N)[C@H](c2ccccc2)[C@H]1S(=O)(=O)c1ccccc1. The van der Waals surface area contributed by atoms with Crippen LogP contribution in [0.5, 0.6) is 0 Å². The Morgan fingerprint density at radius 1 is 1.12 bits per heavy atom. The van der Waals surface area contributed by atoms with E-state index in [9.17, 15) is 18.5 Å². The molecule has 0 spiro atoms. The highest BCUT2D eigenvalue weighted by atomic mass is 32.2. The summed E-state index contributed by atoms with van der Waals surface area (Å²) in [4.78, 5) is 12.6. The van der Waals surface area contributed by atoms with Crippen LogP contribution < -0.4 is 0 Å². The van der Waals surface area contributed by atoms with E-state index in [4.69, 9.17) is 4.74 Å². The number of benzene rings is 2. The lowest BCUT2D eigenvalue weighted by atomic mass is 10.0. The summed E-state index contributed by atoms with van der Waals surface area (Å²) in [6, 6.07) is 18.6. The lowest BCUT2D eigenvalue weighted by molar-refractivity contribution is -0.147. The molecule has 6 heteroatoms. The van der Waals surface area contributed by atoms with E-state index in [0.29, 0.717) is 5.56 Å². The number of hydrogen-bond acceptors (Lipinski definition) is 5. The van der Waals surface area contributed by atoms with Gasteiger partial charge in [0.15, 0.2) is 15.3 Å². The molecule has 0 heterocycles. The number of sulfone groups is 1. The van der Waals surface area contributed by atoms with Gasteiger partial charge in [0.1, 0.15) is 5.25 Å². The van der Waals surface area contributed by atoms with Gasteiger partial charge in [-0.25, -0.2) is 8.42 Å². The molecule has 0 radical (unpaired) electrons. The van der Waals surface area contributed by atoms with Gasteiger partial charge in [0.2, 0.25) is 0 Å². The van der Waals surface area contributed by atoms with Crippen molar-refractivity contribution in [2.24, 2.45) is 5.41 Å². The van der Waals surface area contributed by atoms with Crippen LogP contribution in [-0.4, -0.2) is 26.2 Å². The molecule has 0 N–H and O–H groups in total. The highest BCUT2D eigenvalue weighted by molar-refractivity contribution is 7.92. The van der Waals surface area contributed by atoms with Crippen molar-refractivity contribution in [3.8, 4) is 6.07 Å². The van der Waals surface area contributed by atoms with E-state index < -0.39 is 32.4 Å². The van der Waals surface area contributed by atoms with Gasteiger partial charge in [-0.3, -0.25) is 4.79 Å². The standard InChI is InChI=1S/C19H17NO4S/c1-2-24-18(21)19(13-20)16(14-9-5-3-6-10-14)17(19)25(22,23)15-11-7-4-8-12-15/h3-12,16-17H,2H2,1H3/t16-,17-,19-/m1/s1. The summed E-state index contributed by atoms with van der Waals surface area (Å²) in [5, 5.41) is 8.59. The Hall–Kier alpha value is -2.65. The highest BCUT2D eigenvalue weighted by Gasteiger charge is 2.77. The summed E-state index contributed by atoms with van der Waals surface area (Å²) in [7, 11) is -3.87. The van der Waals surface area contributed by atoms with E-state index in [2.05, 4.69) is 0 Å². The van der Waals surface area contributed by atoms with Crippen LogP contribution in [0.3, 0.4) is 0 Å². The molecule has 0 aliphatic heterocycles. The number of esters is 1. The maximum atomic E-state index is 13.1. The molecule has 0 bridgehead atoms. The fraction of sp³-hybridized carbons (Fsp3) is 0.263. The first-order valence-electron chi connectivity index (χ1n) is 7.92. The Balaban J connectivity index is 2.13. The minimum atomic E-state index is -3.87. The van der Waals surface area contributed by atoms with Gasteiger partial charge < -0.3 is 4.74 Å². The predicted molar refractivity (Wildman–Crippen MR) is 91.3 cm³/mol. The zero-order chi connectivity index (χ0) is 18.1. The molecular weight excluding hydrogens is 338 g/mol. The maximum absolute atomic E-state index is 13.1. The third-order valence-electron chi connectivity index (χ3n) is 4.50. The minimum Gasteiger partial charge on any atom is -0.465 e. The largest absolute Gasteiger partial charge is 0.465 e. The number of hydrogen-bond donors (Lipinski definition) is 0. The normalized spacial score (nSPS) is 25.0. The molecular formula is C19H17NO4S. The fourth-order valence-electron chi connectivity index (χ4n) is 3.31. The zero-order valence-electron chi connectivity index (χ0n) is 13.6. The van der Waals surface area contributed by atoms with Crippen molar-refractivity contribution in [3.05, 3.63) is 66.2 Å². The third-order valence-corrected chi connectivity index (χ3v) is 6.74. The van der Waals surface area contributed by atoms with E-state index in [0.717, 1.165) is 0 Å². The summed E-state index contributed by atoms with van der Waals surface area (Å²) >= 11 is 0.